The molecule has 4 atom stereocenters. The van der Waals surface area contributed by atoms with E-state index in [0.29, 0.717) is 0 Å². The first-order valence-electron chi connectivity index (χ1n) is 13.2. The molecular formula is C26H45N2O7P. The van der Waals surface area contributed by atoms with Crippen molar-refractivity contribution in [2.24, 2.45) is 5.73 Å². The van der Waals surface area contributed by atoms with E-state index in [1.54, 1.807) is 12.1 Å². The molecule has 0 aliphatic rings. The summed E-state index contributed by atoms with van der Waals surface area (Å²) in [5.74, 6) is 0. The van der Waals surface area contributed by atoms with Gasteiger partial charge < -0.3 is 15.7 Å². The fourth-order valence-electron chi connectivity index (χ4n) is 3.87. The lowest BCUT2D eigenvalue weighted by atomic mass is 10.0. The van der Waals surface area contributed by atoms with Gasteiger partial charge in [0.05, 0.1) is 35.3 Å². The van der Waals surface area contributed by atoms with Gasteiger partial charge in [-0.2, -0.15) is 0 Å². The molecule has 10 heteroatoms. The van der Waals surface area contributed by atoms with Crippen LogP contribution in [0.5, 0.6) is 0 Å². The molecule has 36 heavy (non-hydrogen) atoms. The molecule has 1 aromatic rings. The van der Waals surface area contributed by atoms with Gasteiger partial charge in [-0.1, -0.05) is 95.4 Å². The van der Waals surface area contributed by atoms with E-state index in [-0.39, 0.29) is 11.3 Å². The lowest BCUT2D eigenvalue weighted by molar-refractivity contribution is -0.386. The van der Waals surface area contributed by atoms with Crippen LogP contribution in [0.15, 0.2) is 36.4 Å². The van der Waals surface area contributed by atoms with Crippen molar-refractivity contribution < 1.29 is 28.5 Å². The monoisotopic (exact) mass is 528 g/mol. The third-order valence-corrected chi connectivity index (χ3v) is 7.10. The molecule has 0 bridgehead atoms. The maximum atomic E-state index is 12.3. The number of nitro benzene ring substituents is 1. The van der Waals surface area contributed by atoms with Gasteiger partial charge in [0.2, 0.25) is 0 Å². The highest BCUT2D eigenvalue weighted by Crippen LogP contribution is 2.48. The van der Waals surface area contributed by atoms with E-state index in [4.69, 9.17) is 14.8 Å². The summed E-state index contributed by atoms with van der Waals surface area (Å²) < 4.78 is 22.3. The molecular weight excluding hydrogens is 483 g/mol. The van der Waals surface area contributed by atoms with E-state index in [0.717, 1.165) is 19.3 Å². The van der Waals surface area contributed by atoms with Gasteiger partial charge in [-0.25, -0.2) is 4.57 Å². The number of benzene rings is 1. The average Bonchev–Trinajstić information content (AvgIpc) is 2.84. The zero-order valence-corrected chi connectivity index (χ0v) is 22.7. The van der Waals surface area contributed by atoms with Crippen molar-refractivity contribution in [2.45, 2.75) is 109 Å². The minimum absolute atomic E-state index is 0.148. The molecule has 1 rings (SSSR count). The standard InChI is InChI=1S/C26H45N2O7P/c1-3-4-5-6-7-8-9-10-11-12-13-14-15-20-26(29)24(27)21-34-36(32,33)35-22(2)23-18-16-17-19-25(23)28(30)31/h15-20,22,24,26,29H,3-14,21,27H2,1-2H3,(H,32,33)/b20-15+/t22-,24-,26+/m0/s1. The number of aliphatic hydroxyl groups excluding tert-OH is 1. The zero-order chi connectivity index (χ0) is 26.8. The molecule has 4 N–H and O–H groups in total. The number of allylic oxidation sites excluding steroid dienone is 1. The Morgan fingerprint density at radius 2 is 1.61 bits per heavy atom. The summed E-state index contributed by atoms with van der Waals surface area (Å²) in [7, 11) is -4.56. The van der Waals surface area contributed by atoms with Gasteiger partial charge >= 0.3 is 7.82 Å². The third kappa shape index (κ3) is 14.2. The van der Waals surface area contributed by atoms with Gasteiger partial charge in [-0.15, -0.1) is 0 Å². The second-order valence-electron chi connectivity index (χ2n) is 9.23. The predicted molar refractivity (Wildman–Crippen MR) is 143 cm³/mol. The Morgan fingerprint density at radius 3 is 2.19 bits per heavy atom. The van der Waals surface area contributed by atoms with Crippen LogP contribution >= 0.6 is 7.82 Å². The van der Waals surface area contributed by atoms with Crippen molar-refractivity contribution in [3.05, 3.63) is 52.1 Å². The van der Waals surface area contributed by atoms with Gasteiger partial charge in [-0.3, -0.25) is 19.2 Å². The number of hydrogen-bond acceptors (Lipinski definition) is 7. The van der Waals surface area contributed by atoms with Crippen molar-refractivity contribution in [1.29, 1.82) is 0 Å². The highest BCUT2D eigenvalue weighted by Gasteiger charge is 2.30. The highest BCUT2D eigenvalue weighted by atomic mass is 31.2. The first kappa shape index (κ1) is 32.4. The van der Waals surface area contributed by atoms with Gasteiger partial charge in [-0.05, 0) is 25.8 Å². The lowest BCUT2D eigenvalue weighted by Gasteiger charge is -2.20. The second-order valence-corrected chi connectivity index (χ2v) is 10.6. The van der Waals surface area contributed by atoms with Crippen molar-refractivity contribution in [1.82, 2.24) is 0 Å². The average molecular weight is 529 g/mol. The molecule has 0 amide bonds. The van der Waals surface area contributed by atoms with E-state index < -0.39 is 37.6 Å². The maximum absolute atomic E-state index is 12.3. The van der Waals surface area contributed by atoms with Crippen LogP contribution in [-0.2, 0) is 13.6 Å². The first-order chi connectivity index (χ1) is 17.2. The number of aliphatic hydroxyl groups is 1. The molecule has 9 nitrogen and oxygen atoms in total. The van der Waals surface area contributed by atoms with E-state index in [9.17, 15) is 24.7 Å². The van der Waals surface area contributed by atoms with Crippen molar-refractivity contribution in [3.8, 4) is 0 Å². The molecule has 206 valence electrons. The van der Waals surface area contributed by atoms with Crippen LogP contribution in [0.4, 0.5) is 5.69 Å². The van der Waals surface area contributed by atoms with Crippen molar-refractivity contribution in [3.63, 3.8) is 0 Å². The van der Waals surface area contributed by atoms with Crippen LogP contribution in [0.3, 0.4) is 0 Å². The number of nitrogens with zero attached hydrogens (tertiary/aromatic N) is 1. The molecule has 0 saturated heterocycles. The summed E-state index contributed by atoms with van der Waals surface area (Å²) in [4.78, 5) is 20.6. The topological polar surface area (TPSA) is 145 Å². The number of unbranched alkanes of at least 4 members (excludes halogenated alkanes) is 11. The Morgan fingerprint density at radius 1 is 1.06 bits per heavy atom. The largest absolute Gasteiger partial charge is 0.472 e. The molecule has 1 unspecified atom stereocenters. The van der Waals surface area contributed by atoms with Gasteiger partial charge in [0.25, 0.3) is 5.69 Å². The highest BCUT2D eigenvalue weighted by molar-refractivity contribution is 7.47. The van der Waals surface area contributed by atoms with Gasteiger partial charge in [0.15, 0.2) is 0 Å². The number of phosphoric acid groups is 1. The van der Waals surface area contributed by atoms with Crippen LogP contribution in [0.2, 0.25) is 0 Å². The van der Waals surface area contributed by atoms with Crippen LogP contribution in [-0.4, -0.2) is 33.7 Å². The molecule has 0 spiro atoms. The molecule has 1 aromatic carbocycles. The smallest absolute Gasteiger partial charge is 0.387 e. The maximum Gasteiger partial charge on any atom is 0.472 e. The molecule has 0 aromatic heterocycles. The third-order valence-electron chi connectivity index (χ3n) is 6.04. The quantitative estimate of drug-likeness (QED) is 0.0523. The summed E-state index contributed by atoms with van der Waals surface area (Å²) in [5, 5.41) is 21.3. The fourth-order valence-corrected chi connectivity index (χ4v) is 4.80. The van der Waals surface area contributed by atoms with Crippen LogP contribution < -0.4 is 5.73 Å². The van der Waals surface area contributed by atoms with E-state index in [1.807, 2.05) is 6.08 Å². The molecule has 0 fully saturated rings. The number of hydrogen-bond donors (Lipinski definition) is 3. The predicted octanol–water partition coefficient (Wildman–Crippen LogP) is 6.73. The Labute approximate surface area is 215 Å². The van der Waals surface area contributed by atoms with Gasteiger partial charge in [0.1, 0.15) is 0 Å². The van der Waals surface area contributed by atoms with E-state index >= 15 is 0 Å². The molecule has 0 radical (unpaired) electrons. The van der Waals surface area contributed by atoms with Crippen molar-refractivity contribution in [2.75, 3.05) is 6.61 Å². The number of rotatable bonds is 21. The lowest BCUT2D eigenvalue weighted by Crippen LogP contribution is -2.37. The summed E-state index contributed by atoms with van der Waals surface area (Å²) >= 11 is 0. The molecule has 0 heterocycles. The fraction of sp³-hybridized carbons (Fsp3) is 0.692. The molecule has 0 aliphatic heterocycles. The van der Waals surface area contributed by atoms with E-state index in [2.05, 4.69) is 6.92 Å². The van der Waals surface area contributed by atoms with E-state index in [1.165, 1.54) is 82.9 Å². The zero-order valence-electron chi connectivity index (χ0n) is 21.8. The number of nitrogens with two attached hydrogens (primary N) is 1. The Hall–Kier alpha value is -1.61. The SMILES string of the molecule is CCCCCCCCCCCCC/C=C/[C@@H](O)[C@@H](N)COP(=O)(O)O[C@@H](C)c1ccccc1[N+](=O)[O-]. The molecule has 0 aliphatic carbocycles. The summed E-state index contributed by atoms with van der Waals surface area (Å²) in [6.45, 7) is 3.24. The normalized spacial score (nSPS) is 16.0. The van der Waals surface area contributed by atoms with Crippen LogP contribution in [0.25, 0.3) is 0 Å². The van der Waals surface area contributed by atoms with Crippen LogP contribution in [0, 0.1) is 10.1 Å². The minimum Gasteiger partial charge on any atom is -0.387 e. The minimum atomic E-state index is -4.56. The number of phosphoric ester groups is 1. The first-order valence-corrected chi connectivity index (χ1v) is 14.7. The number of nitro groups is 1. The van der Waals surface area contributed by atoms with Gasteiger partial charge in [0, 0.05) is 6.07 Å². The Balaban J connectivity index is 2.24. The van der Waals surface area contributed by atoms with Crippen LogP contribution in [0.1, 0.15) is 103 Å². The summed E-state index contributed by atoms with van der Waals surface area (Å²) in [5.41, 5.74) is 5.80. The summed E-state index contributed by atoms with van der Waals surface area (Å²) in [6, 6.07) is 4.87. The molecule has 0 saturated carbocycles. The Kier molecular flexibility index (Phi) is 16.8. The van der Waals surface area contributed by atoms with Crippen molar-refractivity contribution >= 4 is 13.5 Å². The number of para-hydroxylation sites is 1. The Bertz CT molecular complexity index is 821. The second kappa shape index (κ2) is 18.6. The summed E-state index contributed by atoms with van der Waals surface area (Å²) in [6.07, 6.45) is 16.2.